The monoisotopic (exact) mass is 268 g/mol. The molecule has 1 fully saturated rings. The molecule has 0 aromatic rings. The number of halogens is 3. The van der Waals surface area contributed by atoms with Gasteiger partial charge in [0.2, 0.25) is 0 Å². The van der Waals surface area contributed by atoms with Crippen LogP contribution in [0.5, 0.6) is 0 Å². The fourth-order valence-corrected chi connectivity index (χ4v) is 6.45. The van der Waals surface area contributed by atoms with Gasteiger partial charge in [-0.2, -0.15) is 0 Å². The SMILES string of the molecule is CC[Si]1(CC)CCCC(C)(CC(F)C(F)F)O1. The summed E-state index contributed by atoms with van der Waals surface area (Å²) in [6.45, 7) is 6.00. The normalized spacial score (nSPS) is 30.5. The van der Waals surface area contributed by atoms with Crippen molar-refractivity contribution >= 4 is 8.32 Å². The Kier molecular flexibility index (Phi) is 5.07. The molecule has 1 rings (SSSR count). The fraction of sp³-hybridized carbons (Fsp3) is 1.00. The van der Waals surface area contributed by atoms with Crippen LogP contribution in [0.3, 0.4) is 0 Å². The van der Waals surface area contributed by atoms with E-state index in [9.17, 15) is 13.2 Å². The summed E-state index contributed by atoms with van der Waals surface area (Å²) in [5.41, 5.74) is -0.674. The number of hydrogen-bond acceptors (Lipinski definition) is 1. The van der Waals surface area contributed by atoms with E-state index >= 15 is 0 Å². The van der Waals surface area contributed by atoms with Gasteiger partial charge in [-0.3, -0.25) is 0 Å². The maximum Gasteiger partial charge on any atom is 0.269 e. The van der Waals surface area contributed by atoms with Gasteiger partial charge < -0.3 is 4.43 Å². The van der Waals surface area contributed by atoms with Crippen molar-refractivity contribution in [1.29, 1.82) is 0 Å². The van der Waals surface area contributed by atoms with Crippen molar-refractivity contribution in [3.63, 3.8) is 0 Å². The quantitative estimate of drug-likeness (QED) is 0.665. The first-order valence-corrected chi connectivity index (χ1v) is 9.02. The van der Waals surface area contributed by atoms with E-state index in [1.807, 2.05) is 0 Å². The topological polar surface area (TPSA) is 9.23 Å². The average Bonchev–Trinajstić information content (AvgIpc) is 2.28. The minimum absolute atomic E-state index is 0.167. The van der Waals surface area contributed by atoms with Crippen LogP contribution < -0.4 is 0 Å². The summed E-state index contributed by atoms with van der Waals surface area (Å²) in [6.07, 6.45) is -3.43. The first kappa shape index (κ1) is 15.0. The molecule has 1 aliphatic heterocycles. The lowest BCUT2D eigenvalue weighted by Gasteiger charge is -2.46. The highest BCUT2D eigenvalue weighted by atomic mass is 28.4. The van der Waals surface area contributed by atoms with Gasteiger partial charge in [-0.25, -0.2) is 13.2 Å². The molecule has 2 atom stereocenters. The molecule has 0 amide bonds. The van der Waals surface area contributed by atoms with E-state index in [0.29, 0.717) is 6.42 Å². The second-order valence-electron chi connectivity index (χ2n) is 5.35. The number of hydrogen-bond donors (Lipinski definition) is 0. The molecule has 17 heavy (non-hydrogen) atoms. The van der Waals surface area contributed by atoms with Crippen molar-refractivity contribution < 1.29 is 17.6 Å². The lowest BCUT2D eigenvalue weighted by molar-refractivity contribution is -0.0277. The van der Waals surface area contributed by atoms with Gasteiger partial charge in [-0.1, -0.05) is 20.3 Å². The van der Waals surface area contributed by atoms with E-state index < -0.39 is 26.5 Å². The summed E-state index contributed by atoms with van der Waals surface area (Å²) < 4.78 is 43.9. The second-order valence-corrected chi connectivity index (χ2v) is 9.83. The highest BCUT2D eigenvalue weighted by Gasteiger charge is 2.44. The zero-order valence-corrected chi connectivity index (χ0v) is 11.9. The lowest BCUT2D eigenvalue weighted by Crippen LogP contribution is -2.51. The molecule has 0 aliphatic carbocycles. The van der Waals surface area contributed by atoms with Crippen molar-refractivity contribution in [2.45, 2.75) is 76.4 Å². The minimum atomic E-state index is -2.89. The molecule has 0 N–H and O–H groups in total. The van der Waals surface area contributed by atoms with Gasteiger partial charge in [0.1, 0.15) is 0 Å². The van der Waals surface area contributed by atoms with Gasteiger partial charge in [0, 0.05) is 6.42 Å². The van der Waals surface area contributed by atoms with E-state index in [-0.39, 0.29) is 6.42 Å². The largest absolute Gasteiger partial charge is 0.412 e. The van der Waals surface area contributed by atoms with Crippen LogP contribution in [0.25, 0.3) is 0 Å². The van der Waals surface area contributed by atoms with Crippen LogP contribution in [0.15, 0.2) is 0 Å². The summed E-state index contributed by atoms with van der Waals surface area (Å²) in [6, 6.07) is 3.07. The Hall–Kier alpha value is -0.0331. The zero-order chi connectivity index (χ0) is 13.1. The molecule has 0 aromatic heterocycles. The van der Waals surface area contributed by atoms with E-state index in [0.717, 1.165) is 24.6 Å². The van der Waals surface area contributed by atoms with Crippen molar-refractivity contribution in [3.05, 3.63) is 0 Å². The van der Waals surface area contributed by atoms with Crippen LogP contribution in [0.4, 0.5) is 13.2 Å². The predicted octanol–water partition coefficient (Wildman–Crippen LogP) is 4.53. The van der Waals surface area contributed by atoms with Gasteiger partial charge in [0.25, 0.3) is 6.43 Å². The van der Waals surface area contributed by atoms with Gasteiger partial charge in [-0.05, 0) is 31.5 Å². The summed E-state index contributed by atoms with van der Waals surface area (Å²) in [4.78, 5) is 0. The van der Waals surface area contributed by atoms with Crippen LogP contribution in [-0.2, 0) is 4.43 Å². The molecular formula is C12H23F3OSi. The standard InChI is InChI=1S/C12H23F3OSi/c1-4-17(5-2)8-6-7-12(3,16-17)9-10(13)11(14)15/h10-11H,4-9H2,1-3H3. The molecule has 5 heteroatoms. The Morgan fingerprint density at radius 3 is 2.29 bits per heavy atom. The third-order valence-electron chi connectivity index (χ3n) is 3.99. The molecule has 0 radical (unpaired) electrons. The summed E-state index contributed by atoms with van der Waals surface area (Å²) >= 11 is 0. The van der Waals surface area contributed by atoms with Gasteiger partial charge in [0.05, 0.1) is 5.60 Å². The first-order valence-electron chi connectivity index (χ1n) is 6.49. The van der Waals surface area contributed by atoms with Crippen LogP contribution in [-0.4, -0.2) is 26.5 Å². The molecule has 1 nitrogen and oxygen atoms in total. The lowest BCUT2D eigenvalue weighted by atomic mass is 9.94. The molecule has 1 heterocycles. The third kappa shape index (κ3) is 3.71. The Morgan fingerprint density at radius 2 is 1.82 bits per heavy atom. The first-order chi connectivity index (χ1) is 7.86. The van der Waals surface area contributed by atoms with E-state index in [2.05, 4.69) is 13.8 Å². The molecule has 2 unspecified atom stereocenters. The summed E-state index contributed by atoms with van der Waals surface area (Å²) in [7, 11) is -1.78. The Balaban J connectivity index is 2.69. The van der Waals surface area contributed by atoms with Crippen molar-refractivity contribution in [2.24, 2.45) is 0 Å². The van der Waals surface area contributed by atoms with Crippen LogP contribution in [0.2, 0.25) is 18.1 Å². The average molecular weight is 268 g/mol. The maximum atomic E-state index is 13.2. The maximum absolute atomic E-state index is 13.2. The molecule has 102 valence electrons. The van der Waals surface area contributed by atoms with Crippen LogP contribution in [0.1, 0.15) is 40.0 Å². The van der Waals surface area contributed by atoms with Gasteiger partial charge >= 0.3 is 0 Å². The molecular weight excluding hydrogens is 245 g/mol. The predicted molar refractivity (Wildman–Crippen MR) is 65.8 cm³/mol. The molecule has 1 aliphatic rings. The van der Waals surface area contributed by atoms with Crippen LogP contribution >= 0.6 is 0 Å². The number of rotatable bonds is 5. The minimum Gasteiger partial charge on any atom is -0.412 e. The highest BCUT2D eigenvalue weighted by molar-refractivity contribution is 6.73. The molecule has 1 saturated heterocycles. The molecule has 0 saturated carbocycles. The van der Waals surface area contributed by atoms with Crippen LogP contribution in [0, 0.1) is 0 Å². The van der Waals surface area contributed by atoms with Crippen molar-refractivity contribution in [2.75, 3.05) is 0 Å². The van der Waals surface area contributed by atoms with Crippen molar-refractivity contribution in [3.8, 4) is 0 Å². The molecule has 0 bridgehead atoms. The van der Waals surface area contributed by atoms with E-state index in [4.69, 9.17) is 4.43 Å². The van der Waals surface area contributed by atoms with Gasteiger partial charge in [0.15, 0.2) is 14.5 Å². The summed E-state index contributed by atoms with van der Waals surface area (Å²) in [5.74, 6) is 0. The second kappa shape index (κ2) is 5.74. The molecule has 0 aromatic carbocycles. The van der Waals surface area contributed by atoms with Crippen molar-refractivity contribution in [1.82, 2.24) is 0 Å². The number of alkyl halides is 3. The third-order valence-corrected chi connectivity index (χ3v) is 8.76. The zero-order valence-electron chi connectivity index (χ0n) is 10.9. The Morgan fingerprint density at radius 1 is 1.24 bits per heavy atom. The summed E-state index contributed by atoms with van der Waals surface area (Å²) in [5, 5.41) is 0. The van der Waals surface area contributed by atoms with E-state index in [1.165, 1.54) is 0 Å². The smallest absolute Gasteiger partial charge is 0.269 e. The van der Waals surface area contributed by atoms with Gasteiger partial charge in [-0.15, -0.1) is 0 Å². The molecule has 0 spiro atoms. The fourth-order valence-electron chi connectivity index (χ4n) is 2.80. The Bertz CT molecular complexity index is 246. The Labute approximate surface area is 103 Å². The highest BCUT2D eigenvalue weighted by Crippen LogP contribution is 2.40. The van der Waals surface area contributed by atoms with E-state index in [1.54, 1.807) is 6.92 Å².